The van der Waals surface area contributed by atoms with Gasteiger partial charge in [0.2, 0.25) is 5.91 Å². The monoisotopic (exact) mass is 408 g/mol. The molecule has 0 bridgehead atoms. The van der Waals surface area contributed by atoms with E-state index in [4.69, 9.17) is 11.6 Å². The van der Waals surface area contributed by atoms with Crippen molar-refractivity contribution in [2.75, 3.05) is 0 Å². The number of amides is 2. The van der Waals surface area contributed by atoms with Gasteiger partial charge < -0.3 is 5.11 Å². The molecule has 0 aliphatic carbocycles. The van der Waals surface area contributed by atoms with Crippen LogP contribution in [0.15, 0.2) is 53.0 Å². The van der Waals surface area contributed by atoms with Crippen molar-refractivity contribution in [1.29, 1.82) is 0 Å². The molecule has 1 aliphatic rings. The van der Waals surface area contributed by atoms with Crippen LogP contribution in [0, 0.1) is 0 Å². The summed E-state index contributed by atoms with van der Waals surface area (Å²) in [6.07, 6.45) is 0.148. The quantitative estimate of drug-likeness (QED) is 0.602. The first-order valence-corrected chi connectivity index (χ1v) is 8.49. The molecule has 2 amide bonds. The number of benzene rings is 2. The van der Waals surface area contributed by atoms with Crippen LogP contribution in [0.25, 0.3) is 0 Å². The summed E-state index contributed by atoms with van der Waals surface area (Å²) in [6, 6.07) is 13.5. The van der Waals surface area contributed by atoms with E-state index in [0.717, 1.165) is 10.0 Å². The lowest BCUT2D eigenvalue weighted by atomic mass is 9.94. The molecule has 0 saturated carbocycles. The van der Waals surface area contributed by atoms with Crippen LogP contribution in [0.5, 0.6) is 5.75 Å². The van der Waals surface area contributed by atoms with E-state index in [-0.39, 0.29) is 18.1 Å². The molecule has 7 heteroatoms. The second kappa shape index (κ2) is 6.83. The molecule has 2 aromatic carbocycles. The second-order valence-corrected chi connectivity index (χ2v) is 6.84. The van der Waals surface area contributed by atoms with E-state index in [1.165, 1.54) is 11.1 Å². The molecule has 2 atom stereocenters. The highest BCUT2D eigenvalue weighted by Gasteiger charge is 2.49. The van der Waals surface area contributed by atoms with Crippen molar-refractivity contribution < 1.29 is 14.7 Å². The van der Waals surface area contributed by atoms with Gasteiger partial charge in [0, 0.05) is 10.0 Å². The van der Waals surface area contributed by atoms with Crippen LogP contribution in [0.4, 0.5) is 0 Å². The van der Waals surface area contributed by atoms with E-state index >= 15 is 0 Å². The predicted molar refractivity (Wildman–Crippen MR) is 93.3 cm³/mol. The highest BCUT2D eigenvalue weighted by molar-refractivity contribution is 9.10. The lowest BCUT2D eigenvalue weighted by Gasteiger charge is -2.44. The number of nitrogens with zero attached hydrogens (tertiary/aromatic N) is 1. The number of carbonyl (C=O) groups excluding carboxylic acids is 2. The van der Waals surface area contributed by atoms with Crippen LogP contribution in [0.3, 0.4) is 0 Å². The zero-order valence-corrected chi connectivity index (χ0v) is 14.8. The number of nitrogens with one attached hydrogen (secondary N) is 1. The van der Waals surface area contributed by atoms with Gasteiger partial charge in [-0.25, -0.2) is 5.01 Å². The molecule has 0 unspecified atom stereocenters. The normalized spacial score (nSPS) is 19.8. The Morgan fingerprint density at radius 3 is 2.67 bits per heavy atom. The van der Waals surface area contributed by atoms with Crippen molar-refractivity contribution in [3.8, 4) is 5.75 Å². The molecule has 2 aromatic rings. The predicted octanol–water partition coefficient (Wildman–Crippen LogP) is 2.92. The van der Waals surface area contributed by atoms with Crippen molar-refractivity contribution in [2.24, 2.45) is 0 Å². The third kappa shape index (κ3) is 3.25. The minimum absolute atomic E-state index is 0.0173. The number of carbonyl (C=O) groups is 2. The van der Waals surface area contributed by atoms with E-state index in [1.807, 2.05) is 30.3 Å². The lowest BCUT2D eigenvalue weighted by molar-refractivity contribution is -0.156. The van der Waals surface area contributed by atoms with Gasteiger partial charge in [-0.3, -0.25) is 15.0 Å². The minimum atomic E-state index is -0.831. The molecule has 1 saturated heterocycles. The molecule has 124 valence electrons. The summed E-state index contributed by atoms with van der Waals surface area (Å²) in [5.41, 5.74) is 3.89. The highest BCUT2D eigenvalue weighted by Crippen LogP contribution is 2.41. The smallest absolute Gasteiger partial charge is 0.262 e. The average Bonchev–Trinajstić information content (AvgIpc) is 2.58. The highest BCUT2D eigenvalue weighted by atomic mass is 79.9. The molecule has 24 heavy (non-hydrogen) atoms. The molecule has 0 aromatic heterocycles. The Kier molecular flexibility index (Phi) is 4.78. The van der Waals surface area contributed by atoms with Gasteiger partial charge in [0.15, 0.2) is 0 Å². The molecule has 3 rings (SSSR count). The summed E-state index contributed by atoms with van der Waals surface area (Å²) >= 11 is 9.42. The number of hydrogen-bond acceptors (Lipinski definition) is 3. The summed E-state index contributed by atoms with van der Waals surface area (Å²) < 4.78 is 0.745. The summed E-state index contributed by atoms with van der Waals surface area (Å²) in [4.78, 5) is 24.2. The molecule has 1 aliphatic heterocycles. The van der Waals surface area contributed by atoms with Gasteiger partial charge in [-0.15, -0.1) is 11.6 Å². The largest absolute Gasteiger partial charge is 0.508 e. The first-order chi connectivity index (χ1) is 11.5. The van der Waals surface area contributed by atoms with Gasteiger partial charge in [-0.1, -0.05) is 46.3 Å². The van der Waals surface area contributed by atoms with Gasteiger partial charge in [-0.05, 0) is 23.8 Å². The number of phenols is 1. The Morgan fingerprint density at radius 1 is 1.25 bits per heavy atom. The Labute approximate surface area is 152 Å². The third-order valence-corrected chi connectivity index (χ3v) is 4.71. The molecule has 1 fully saturated rings. The summed E-state index contributed by atoms with van der Waals surface area (Å²) in [7, 11) is 0. The maximum absolute atomic E-state index is 12.2. The zero-order chi connectivity index (χ0) is 17.3. The fraction of sp³-hybridized carbons (Fsp3) is 0.176. The van der Waals surface area contributed by atoms with Gasteiger partial charge in [0.25, 0.3) is 5.91 Å². The van der Waals surface area contributed by atoms with Crippen molar-refractivity contribution in [3.63, 3.8) is 0 Å². The van der Waals surface area contributed by atoms with Crippen LogP contribution in [-0.4, -0.2) is 27.3 Å². The minimum Gasteiger partial charge on any atom is -0.508 e. The van der Waals surface area contributed by atoms with Gasteiger partial charge in [0.1, 0.15) is 17.2 Å². The first kappa shape index (κ1) is 16.8. The molecular weight excluding hydrogens is 396 g/mol. The number of halogens is 2. The van der Waals surface area contributed by atoms with Crippen molar-refractivity contribution in [1.82, 2.24) is 10.4 Å². The Balaban J connectivity index is 1.75. The molecule has 0 spiro atoms. The number of hydrazine groups is 1. The second-order valence-electron chi connectivity index (χ2n) is 5.46. The van der Waals surface area contributed by atoms with Crippen molar-refractivity contribution in [3.05, 3.63) is 64.1 Å². The Hall–Kier alpha value is -2.05. The number of rotatable bonds is 4. The van der Waals surface area contributed by atoms with Gasteiger partial charge in [0.05, 0.1) is 6.42 Å². The summed E-state index contributed by atoms with van der Waals surface area (Å²) in [6.45, 7) is 0. The summed E-state index contributed by atoms with van der Waals surface area (Å²) in [5, 5.41) is 10.4. The van der Waals surface area contributed by atoms with E-state index in [1.54, 1.807) is 12.1 Å². The van der Waals surface area contributed by atoms with E-state index in [9.17, 15) is 14.7 Å². The van der Waals surface area contributed by atoms with Crippen LogP contribution < -0.4 is 5.43 Å². The zero-order valence-electron chi connectivity index (χ0n) is 12.4. The van der Waals surface area contributed by atoms with E-state index in [2.05, 4.69) is 21.4 Å². The number of hydrogen-bond donors (Lipinski definition) is 2. The standard InChI is InChI=1S/C17H14BrClN2O3/c18-11-6-7-13(22)12(9-11)16-15(19)17(24)21(16)20-14(23)8-10-4-2-1-3-5-10/h1-7,9,15-16,22H,8H2,(H,20,23)/t15-,16+/m1/s1. The van der Waals surface area contributed by atoms with Crippen molar-refractivity contribution in [2.45, 2.75) is 17.8 Å². The molecular formula is C17H14BrClN2O3. The molecule has 1 heterocycles. The lowest BCUT2D eigenvalue weighted by Crippen LogP contribution is -2.63. The topological polar surface area (TPSA) is 69.6 Å². The SMILES string of the molecule is O=C(Cc1ccccc1)NN1C(=O)[C@H](Cl)[C@@H]1c1cc(Br)ccc1O. The van der Waals surface area contributed by atoms with Crippen LogP contribution in [0.1, 0.15) is 17.2 Å². The molecule has 2 N–H and O–H groups in total. The molecule has 0 radical (unpaired) electrons. The van der Waals surface area contributed by atoms with Gasteiger partial charge >= 0.3 is 0 Å². The number of phenolic OH excluding ortho intramolecular Hbond substituents is 1. The number of aromatic hydroxyl groups is 1. The average molecular weight is 410 g/mol. The molecule has 5 nitrogen and oxygen atoms in total. The Morgan fingerprint density at radius 2 is 1.96 bits per heavy atom. The maximum Gasteiger partial charge on any atom is 0.262 e. The number of alkyl halides is 1. The summed E-state index contributed by atoms with van der Waals surface area (Å²) in [5.74, 6) is -0.705. The van der Waals surface area contributed by atoms with Crippen LogP contribution in [-0.2, 0) is 16.0 Å². The van der Waals surface area contributed by atoms with E-state index in [0.29, 0.717) is 5.56 Å². The van der Waals surface area contributed by atoms with Crippen molar-refractivity contribution >= 4 is 39.3 Å². The fourth-order valence-electron chi connectivity index (χ4n) is 2.59. The van der Waals surface area contributed by atoms with Gasteiger partial charge in [-0.2, -0.15) is 0 Å². The van der Waals surface area contributed by atoms with Crippen LogP contribution >= 0.6 is 27.5 Å². The van der Waals surface area contributed by atoms with E-state index < -0.39 is 17.3 Å². The Bertz CT molecular complexity index is 785. The third-order valence-electron chi connectivity index (χ3n) is 3.79. The van der Waals surface area contributed by atoms with Crippen LogP contribution in [0.2, 0.25) is 0 Å². The first-order valence-electron chi connectivity index (χ1n) is 7.26. The fourth-order valence-corrected chi connectivity index (χ4v) is 3.32. The maximum atomic E-state index is 12.2. The number of β-lactam (4-membered cyclic amide) rings is 1.